The molecule has 86 valence electrons. The van der Waals surface area contributed by atoms with Crippen molar-refractivity contribution in [3.63, 3.8) is 0 Å². The number of hydrogen-bond acceptors (Lipinski definition) is 5. The van der Waals surface area contributed by atoms with E-state index < -0.39 is 0 Å². The minimum Gasteiger partial charge on any atom is -0.463 e. The predicted molar refractivity (Wildman–Crippen MR) is 51.2 cm³/mol. The normalized spacial score (nSPS) is 24.9. The lowest BCUT2D eigenvalue weighted by Crippen LogP contribution is -2.22. The molecular formula is C10H16O5. The molecule has 0 amide bonds. The van der Waals surface area contributed by atoms with Gasteiger partial charge in [0.2, 0.25) is 0 Å². The number of rotatable bonds is 4. The Balaban J connectivity index is 2.15. The lowest BCUT2D eigenvalue weighted by molar-refractivity contribution is -0.148. The predicted octanol–water partition coefficient (Wildman–Crippen LogP) is 0.660. The summed E-state index contributed by atoms with van der Waals surface area (Å²) < 4.78 is 15.2. The molecule has 1 heterocycles. The topological polar surface area (TPSA) is 61.8 Å². The summed E-state index contributed by atoms with van der Waals surface area (Å²) in [5, 5.41) is 0. The van der Waals surface area contributed by atoms with Crippen LogP contribution in [0.15, 0.2) is 0 Å². The van der Waals surface area contributed by atoms with Crippen LogP contribution in [0, 0.1) is 0 Å². The first kappa shape index (κ1) is 12.0. The maximum atomic E-state index is 10.5. The molecule has 0 N–H and O–H groups in total. The summed E-state index contributed by atoms with van der Waals surface area (Å²) in [6, 6.07) is 0. The molecule has 0 saturated carbocycles. The van der Waals surface area contributed by atoms with E-state index in [-0.39, 0.29) is 37.4 Å². The van der Waals surface area contributed by atoms with E-state index in [1.807, 2.05) is 0 Å². The fraction of sp³-hybridized carbons (Fsp3) is 0.800. The summed E-state index contributed by atoms with van der Waals surface area (Å²) in [4.78, 5) is 21.1. The van der Waals surface area contributed by atoms with E-state index in [2.05, 4.69) is 0 Å². The van der Waals surface area contributed by atoms with Crippen LogP contribution in [0.3, 0.4) is 0 Å². The van der Waals surface area contributed by atoms with E-state index in [0.29, 0.717) is 0 Å². The van der Waals surface area contributed by atoms with Crippen LogP contribution in [-0.2, 0) is 23.8 Å². The van der Waals surface area contributed by atoms with Gasteiger partial charge >= 0.3 is 11.9 Å². The van der Waals surface area contributed by atoms with Gasteiger partial charge in [0.05, 0.1) is 12.2 Å². The van der Waals surface area contributed by atoms with Crippen LogP contribution < -0.4 is 0 Å². The van der Waals surface area contributed by atoms with Crippen molar-refractivity contribution in [1.29, 1.82) is 0 Å². The zero-order valence-electron chi connectivity index (χ0n) is 9.02. The zero-order chi connectivity index (χ0) is 11.3. The van der Waals surface area contributed by atoms with Crippen LogP contribution in [0.2, 0.25) is 0 Å². The van der Waals surface area contributed by atoms with E-state index in [4.69, 9.17) is 14.2 Å². The van der Waals surface area contributed by atoms with Crippen LogP contribution >= 0.6 is 0 Å². The van der Waals surface area contributed by atoms with Gasteiger partial charge in [0.1, 0.15) is 13.2 Å². The lowest BCUT2D eigenvalue weighted by atomic mass is 10.2. The summed E-state index contributed by atoms with van der Waals surface area (Å²) in [7, 11) is 0. The van der Waals surface area contributed by atoms with Gasteiger partial charge in [-0.1, -0.05) is 0 Å². The number of esters is 2. The van der Waals surface area contributed by atoms with E-state index in [1.54, 1.807) is 0 Å². The Morgan fingerprint density at radius 1 is 1.07 bits per heavy atom. The standard InChI is InChI=1S/C10H16O5/c1-7(11)13-5-9-3-4-10(15-9)6-14-8(2)12/h9-10H,3-6H2,1-2H3/t9-,10-/m1/s1. The summed E-state index contributed by atoms with van der Waals surface area (Å²) in [6.45, 7) is 3.30. The van der Waals surface area contributed by atoms with Gasteiger partial charge in [-0.05, 0) is 12.8 Å². The van der Waals surface area contributed by atoms with E-state index in [9.17, 15) is 9.59 Å². The summed E-state index contributed by atoms with van der Waals surface area (Å²) in [5.41, 5.74) is 0. The van der Waals surface area contributed by atoms with Crippen LogP contribution in [-0.4, -0.2) is 37.4 Å². The van der Waals surface area contributed by atoms with Crippen molar-refractivity contribution in [2.45, 2.75) is 38.9 Å². The van der Waals surface area contributed by atoms with E-state index in [1.165, 1.54) is 13.8 Å². The first-order chi connectivity index (χ1) is 7.08. The third-order valence-electron chi connectivity index (χ3n) is 2.14. The second kappa shape index (κ2) is 5.70. The van der Waals surface area contributed by atoms with Gasteiger partial charge in [0, 0.05) is 13.8 Å². The largest absolute Gasteiger partial charge is 0.463 e. The molecule has 2 atom stereocenters. The van der Waals surface area contributed by atoms with Gasteiger partial charge < -0.3 is 14.2 Å². The highest BCUT2D eigenvalue weighted by Gasteiger charge is 2.26. The van der Waals surface area contributed by atoms with Gasteiger partial charge in [-0.2, -0.15) is 0 Å². The Morgan fingerprint density at radius 2 is 1.47 bits per heavy atom. The Morgan fingerprint density at radius 3 is 1.80 bits per heavy atom. The van der Waals surface area contributed by atoms with Gasteiger partial charge in [-0.25, -0.2) is 0 Å². The molecule has 5 heteroatoms. The Hall–Kier alpha value is -1.10. The van der Waals surface area contributed by atoms with Gasteiger partial charge in [-0.3, -0.25) is 9.59 Å². The van der Waals surface area contributed by atoms with Crippen molar-refractivity contribution in [2.24, 2.45) is 0 Å². The second-order valence-electron chi connectivity index (χ2n) is 3.56. The Bertz CT molecular complexity index is 214. The molecule has 5 nitrogen and oxygen atoms in total. The Labute approximate surface area is 88.7 Å². The van der Waals surface area contributed by atoms with Crippen LogP contribution in [0.25, 0.3) is 0 Å². The molecule has 0 aromatic carbocycles. The average molecular weight is 216 g/mol. The maximum absolute atomic E-state index is 10.5. The monoisotopic (exact) mass is 216 g/mol. The third kappa shape index (κ3) is 4.78. The van der Waals surface area contributed by atoms with E-state index in [0.717, 1.165) is 12.8 Å². The summed E-state index contributed by atoms with van der Waals surface area (Å²) >= 11 is 0. The highest BCUT2D eigenvalue weighted by atomic mass is 16.6. The fourth-order valence-corrected chi connectivity index (χ4v) is 1.45. The van der Waals surface area contributed by atoms with E-state index >= 15 is 0 Å². The molecule has 1 saturated heterocycles. The summed E-state index contributed by atoms with van der Waals surface area (Å²) in [5.74, 6) is -0.607. The zero-order valence-corrected chi connectivity index (χ0v) is 9.02. The first-order valence-electron chi connectivity index (χ1n) is 5.00. The van der Waals surface area contributed by atoms with Crippen LogP contribution in [0.1, 0.15) is 26.7 Å². The van der Waals surface area contributed by atoms with Crippen molar-refractivity contribution in [1.82, 2.24) is 0 Å². The highest BCUT2D eigenvalue weighted by Crippen LogP contribution is 2.20. The summed E-state index contributed by atoms with van der Waals surface area (Å²) in [6.07, 6.45) is 1.54. The van der Waals surface area contributed by atoms with Gasteiger partial charge in [-0.15, -0.1) is 0 Å². The number of hydrogen-bond donors (Lipinski definition) is 0. The molecule has 0 radical (unpaired) electrons. The molecule has 1 aliphatic heterocycles. The first-order valence-corrected chi connectivity index (χ1v) is 5.00. The minimum atomic E-state index is -0.304. The minimum absolute atomic E-state index is 0.0607. The molecule has 15 heavy (non-hydrogen) atoms. The van der Waals surface area contributed by atoms with Crippen LogP contribution in [0.4, 0.5) is 0 Å². The lowest BCUT2D eigenvalue weighted by Gasteiger charge is -2.13. The van der Waals surface area contributed by atoms with Gasteiger partial charge in [0.25, 0.3) is 0 Å². The average Bonchev–Trinajstić information content (AvgIpc) is 2.59. The molecule has 1 rings (SSSR count). The Kier molecular flexibility index (Phi) is 4.55. The molecule has 0 unspecified atom stereocenters. The second-order valence-corrected chi connectivity index (χ2v) is 3.56. The molecular weight excluding hydrogens is 200 g/mol. The van der Waals surface area contributed by atoms with Crippen LogP contribution in [0.5, 0.6) is 0 Å². The van der Waals surface area contributed by atoms with Crippen molar-refractivity contribution in [3.05, 3.63) is 0 Å². The van der Waals surface area contributed by atoms with Gasteiger partial charge in [0.15, 0.2) is 0 Å². The van der Waals surface area contributed by atoms with Crippen molar-refractivity contribution >= 4 is 11.9 Å². The maximum Gasteiger partial charge on any atom is 0.302 e. The van der Waals surface area contributed by atoms with Crippen molar-refractivity contribution < 1.29 is 23.8 Å². The third-order valence-corrected chi connectivity index (χ3v) is 2.14. The molecule has 1 aliphatic rings. The quantitative estimate of drug-likeness (QED) is 0.646. The molecule has 0 aromatic rings. The van der Waals surface area contributed by atoms with Crippen molar-refractivity contribution in [2.75, 3.05) is 13.2 Å². The molecule has 0 aromatic heterocycles. The SMILES string of the molecule is CC(=O)OC[C@H]1CC[C@H](COC(C)=O)O1. The smallest absolute Gasteiger partial charge is 0.302 e. The number of carbonyl (C=O) groups excluding carboxylic acids is 2. The number of carbonyl (C=O) groups is 2. The fourth-order valence-electron chi connectivity index (χ4n) is 1.45. The molecule has 0 bridgehead atoms. The molecule has 0 aliphatic carbocycles. The molecule has 1 fully saturated rings. The van der Waals surface area contributed by atoms with Crippen molar-refractivity contribution in [3.8, 4) is 0 Å². The highest BCUT2D eigenvalue weighted by molar-refractivity contribution is 5.66. The number of ether oxygens (including phenoxy) is 3. The molecule has 0 spiro atoms.